The lowest BCUT2D eigenvalue weighted by atomic mass is 10.1. The molecule has 5 heteroatoms. The van der Waals surface area contributed by atoms with Crippen LogP contribution >= 0.6 is 11.3 Å². The molecule has 1 saturated heterocycles. The van der Waals surface area contributed by atoms with Gasteiger partial charge in [-0.05, 0) is 30.9 Å². The Morgan fingerprint density at radius 1 is 1.60 bits per heavy atom. The predicted molar refractivity (Wildman–Crippen MR) is 83.1 cm³/mol. The minimum absolute atomic E-state index is 0.0702. The minimum Gasteiger partial charge on any atom is -0.397 e. The summed E-state index contributed by atoms with van der Waals surface area (Å²) in [5, 5.41) is 0.937. The normalized spacial score (nSPS) is 18.9. The van der Waals surface area contributed by atoms with Crippen LogP contribution in [-0.4, -0.2) is 28.9 Å². The molecule has 0 aliphatic carbocycles. The highest BCUT2D eigenvalue weighted by atomic mass is 32.1. The second-order valence-corrected chi connectivity index (χ2v) is 6.47. The molecule has 4 nitrogen and oxygen atoms in total. The zero-order chi connectivity index (χ0) is 14.3. The second kappa shape index (κ2) is 5.05. The van der Waals surface area contributed by atoms with Gasteiger partial charge >= 0.3 is 0 Å². The number of nitrogen functional groups attached to an aromatic ring is 1. The highest BCUT2D eigenvalue weighted by molar-refractivity contribution is 7.21. The Morgan fingerprint density at radius 3 is 3.05 bits per heavy atom. The van der Waals surface area contributed by atoms with Crippen LogP contribution in [-0.2, 0) is 0 Å². The van der Waals surface area contributed by atoms with Crippen LogP contribution < -0.4 is 5.73 Å². The van der Waals surface area contributed by atoms with E-state index in [0.29, 0.717) is 16.5 Å². The summed E-state index contributed by atoms with van der Waals surface area (Å²) >= 11 is 1.41. The van der Waals surface area contributed by atoms with Gasteiger partial charge in [0.15, 0.2) is 0 Å². The summed E-state index contributed by atoms with van der Waals surface area (Å²) in [6.45, 7) is 5.89. The number of carbonyl (C=O) groups is 1. The minimum atomic E-state index is 0.0702. The van der Waals surface area contributed by atoms with E-state index in [9.17, 15) is 4.79 Å². The van der Waals surface area contributed by atoms with Gasteiger partial charge in [-0.1, -0.05) is 13.3 Å². The Labute approximate surface area is 122 Å². The van der Waals surface area contributed by atoms with E-state index in [1.165, 1.54) is 11.3 Å². The van der Waals surface area contributed by atoms with Crippen LogP contribution in [0.2, 0.25) is 0 Å². The Bertz CT molecular complexity index is 664. The molecule has 0 aromatic carbocycles. The number of likely N-dealkylation sites (tertiary alicyclic amines) is 1. The Hall–Kier alpha value is -1.62. The number of nitrogens with zero attached hydrogens (tertiary/aromatic N) is 2. The zero-order valence-corrected chi connectivity index (χ0v) is 12.7. The molecule has 1 unspecified atom stereocenters. The molecule has 20 heavy (non-hydrogen) atoms. The van der Waals surface area contributed by atoms with Crippen LogP contribution in [0.4, 0.5) is 5.69 Å². The maximum Gasteiger partial charge on any atom is 0.266 e. The van der Waals surface area contributed by atoms with E-state index >= 15 is 0 Å². The fourth-order valence-electron chi connectivity index (χ4n) is 2.86. The summed E-state index contributed by atoms with van der Waals surface area (Å²) in [6.07, 6.45) is 4.00. The number of fused-ring (bicyclic) bond motifs is 1. The third-order valence-electron chi connectivity index (χ3n) is 4.18. The Morgan fingerprint density at radius 2 is 2.40 bits per heavy atom. The molecule has 3 heterocycles. The van der Waals surface area contributed by atoms with Gasteiger partial charge in [0, 0.05) is 24.7 Å². The Balaban J connectivity index is 1.96. The van der Waals surface area contributed by atoms with Gasteiger partial charge in [-0.25, -0.2) is 4.98 Å². The van der Waals surface area contributed by atoms with Crippen LogP contribution in [0.25, 0.3) is 10.2 Å². The van der Waals surface area contributed by atoms with Gasteiger partial charge in [-0.15, -0.1) is 11.3 Å². The molecular formula is C15H19N3OS. The molecule has 106 valence electrons. The fourth-order valence-corrected chi connectivity index (χ4v) is 3.96. The van der Waals surface area contributed by atoms with E-state index in [2.05, 4.69) is 11.9 Å². The first-order valence-corrected chi connectivity index (χ1v) is 7.86. The first kappa shape index (κ1) is 13.4. The summed E-state index contributed by atoms with van der Waals surface area (Å²) in [6, 6.07) is 1.93. The number of pyridine rings is 1. The number of aromatic nitrogens is 1. The average Bonchev–Trinajstić information content (AvgIpc) is 3.04. The smallest absolute Gasteiger partial charge is 0.266 e. The van der Waals surface area contributed by atoms with Crippen molar-refractivity contribution in [1.82, 2.24) is 9.88 Å². The van der Waals surface area contributed by atoms with Crippen molar-refractivity contribution in [1.29, 1.82) is 0 Å². The molecule has 1 fully saturated rings. The third-order valence-corrected chi connectivity index (χ3v) is 5.28. The number of hydrogen-bond donors (Lipinski definition) is 1. The number of aryl methyl sites for hydroxylation is 1. The first-order valence-electron chi connectivity index (χ1n) is 7.04. The van der Waals surface area contributed by atoms with E-state index in [4.69, 9.17) is 5.73 Å². The van der Waals surface area contributed by atoms with Gasteiger partial charge in [0.25, 0.3) is 5.91 Å². The van der Waals surface area contributed by atoms with Crippen LogP contribution in [0.1, 0.15) is 35.0 Å². The lowest BCUT2D eigenvalue weighted by Gasteiger charge is -2.15. The average molecular weight is 289 g/mol. The van der Waals surface area contributed by atoms with Crippen molar-refractivity contribution in [2.45, 2.75) is 26.7 Å². The summed E-state index contributed by atoms with van der Waals surface area (Å²) in [5.41, 5.74) is 7.88. The van der Waals surface area contributed by atoms with E-state index in [-0.39, 0.29) is 5.91 Å². The molecular weight excluding hydrogens is 270 g/mol. The van der Waals surface area contributed by atoms with Crippen molar-refractivity contribution in [3.63, 3.8) is 0 Å². The van der Waals surface area contributed by atoms with Crippen molar-refractivity contribution < 1.29 is 4.79 Å². The Kier molecular flexibility index (Phi) is 3.38. The topological polar surface area (TPSA) is 59.2 Å². The van der Waals surface area contributed by atoms with Crippen LogP contribution in [0.15, 0.2) is 12.3 Å². The summed E-state index contributed by atoms with van der Waals surface area (Å²) in [4.78, 5) is 20.4. The SMILES string of the molecule is CCC1CCN(C(=O)c2sc3nccc(C)c3c2N)C1. The standard InChI is InChI=1S/C15H19N3OS/c1-3-10-5-7-18(8-10)15(19)13-12(16)11-9(2)4-6-17-14(11)20-13/h4,6,10H,3,5,7-8,16H2,1-2H3. The van der Waals surface area contributed by atoms with Crippen molar-refractivity contribution >= 4 is 33.1 Å². The van der Waals surface area contributed by atoms with Crippen molar-refractivity contribution in [2.75, 3.05) is 18.8 Å². The molecule has 1 atom stereocenters. The van der Waals surface area contributed by atoms with Crippen LogP contribution in [0, 0.1) is 12.8 Å². The lowest BCUT2D eigenvalue weighted by Crippen LogP contribution is -2.28. The van der Waals surface area contributed by atoms with E-state index in [1.807, 2.05) is 17.9 Å². The quantitative estimate of drug-likeness (QED) is 0.924. The highest BCUT2D eigenvalue weighted by Crippen LogP contribution is 2.35. The number of amides is 1. The van der Waals surface area contributed by atoms with Gasteiger partial charge in [-0.3, -0.25) is 4.79 Å². The summed E-state index contributed by atoms with van der Waals surface area (Å²) < 4.78 is 0. The maximum atomic E-state index is 12.6. The number of hydrogen-bond acceptors (Lipinski definition) is 4. The van der Waals surface area contributed by atoms with Gasteiger partial charge in [0.1, 0.15) is 9.71 Å². The first-order chi connectivity index (χ1) is 9.61. The largest absolute Gasteiger partial charge is 0.397 e. The number of nitrogens with two attached hydrogens (primary N) is 1. The van der Waals surface area contributed by atoms with Crippen molar-refractivity contribution in [3.05, 3.63) is 22.7 Å². The van der Waals surface area contributed by atoms with Crippen molar-refractivity contribution in [3.8, 4) is 0 Å². The molecule has 1 amide bonds. The molecule has 2 N–H and O–H groups in total. The molecule has 2 aromatic rings. The molecule has 0 spiro atoms. The lowest BCUT2D eigenvalue weighted by molar-refractivity contribution is 0.0792. The maximum absolute atomic E-state index is 12.6. The molecule has 0 bridgehead atoms. The number of rotatable bonds is 2. The van der Waals surface area contributed by atoms with E-state index in [1.54, 1.807) is 6.20 Å². The van der Waals surface area contributed by atoms with Crippen LogP contribution in [0.5, 0.6) is 0 Å². The number of thiophene rings is 1. The van der Waals surface area contributed by atoms with Crippen molar-refractivity contribution in [2.24, 2.45) is 5.92 Å². The molecule has 3 rings (SSSR count). The molecule has 0 radical (unpaired) electrons. The molecule has 1 aliphatic rings. The van der Waals surface area contributed by atoms with E-state index < -0.39 is 0 Å². The highest BCUT2D eigenvalue weighted by Gasteiger charge is 2.29. The molecule has 1 aliphatic heterocycles. The van der Waals surface area contributed by atoms with E-state index in [0.717, 1.165) is 41.7 Å². The predicted octanol–water partition coefficient (Wildman–Crippen LogP) is 3.06. The summed E-state index contributed by atoms with van der Waals surface area (Å²) in [5.74, 6) is 0.704. The molecule has 0 saturated carbocycles. The fraction of sp³-hybridized carbons (Fsp3) is 0.467. The number of anilines is 1. The summed E-state index contributed by atoms with van der Waals surface area (Å²) in [7, 11) is 0. The van der Waals surface area contributed by atoms with Gasteiger partial charge in [-0.2, -0.15) is 0 Å². The third kappa shape index (κ3) is 2.06. The number of carbonyl (C=O) groups excluding carboxylic acids is 1. The van der Waals surface area contributed by atoms with Gasteiger partial charge in [0.05, 0.1) is 5.69 Å². The van der Waals surface area contributed by atoms with Crippen LogP contribution in [0.3, 0.4) is 0 Å². The molecule has 2 aromatic heterocycles. The zero-order valence-electron chi connectivity index (χ0n) is 11.8. The van der Waals surface area contributed by atoms with Gasteiger partial charge < -0.3 is 10.6 Å². The monoisotopic (exact) mass is 289 g/mol. The second-order valence-electron chi connectivity index (χ2n) is 5.47. The van der Waals surface area contributed by atoms with Gasteiger partial charge in [0.2, 0.25) is 0 Å².